The Bertz CT molecular complexity index is 206. The molecule has 0 saturated carbocycles. The maximum atomic E-state index is 11.1. The first-order valence-corrected chi connectivity index (χ1v) is 6.11. The molecule has 0 N–H and O–H groups in total. The van der Waals surface area contributed by atoms with Crippen molar-refractivity contribution >= 4 is 23.5 Å². The van der Waals surface area contributed by atoms with Crippen molar-refractivity contribution in [2.45, 2.75) is 45.4 Å². The van der Waals surface area contributed by atoms with Crippen molar-refractivity contribution < 1.29 is 19.1 Å². The zero-order valence-electron chi connectivity index (χ0n) is 9.67. The number of unbranched alkanes of at least 4 members (excludes halogenated alkanes) is 2. The van der Waals surface area contributed by atoms with Crippen molar-refractivity contribution in [3.63, 3.8) is 0 Å². The number of esters is 2. The molecular formula is C11H19ClO4. The number of rotatable bonds is 9. The molecule has 5 heteroatoms. The Morgan fingerprint density at radius 3 is 2.06 bits per heavy atom. The fourth-order valence-electron chi connectivity index (χ4n) is 1.07. The van der Waals surface area contributed by atoms with Crippen molar-refractivity contribution in [1.29, 1.82) is 0 Å². The second kappa shape index (κ2) is 10.7. The normalized spacial score (nSPS) is 9.88. The molecule has 0 aromatic rings. The van der Waals surface area contributed by atoms with Gasteiger partial charge in [-0.3, -0.25) is 9.59 Å². The fraction of sp³-hybridized carbons (Fsp3) is 0.818. The Morgan fingerprint density at radius 2 is 1.56 bits per heavy atom. The topological polar surface area (TPSA) is 52.6 Å². The van der Waals surface area contributed by atoms with Gasteiger partial charge in [0.1, 0.15) is 0 Å². The fourth-order valence-corrected chi connectivity index (χ4v) is 1.20. The van der Waals surface area contributed by atoms with Crippen molar-refractivity contribution in [3.8, 4) is 0 Å². The van der Waals surface area contributed by atoms with Gasteiger partial charge in [0, 0.05) is 12.8 Å². The van der Waals surface area contributed by atoms with E-state index in [0.717, 1.165) is 12.8 Å². The van der Waals surface area contributed by atoms with Crippen LogP contribution in [0, 0.1) is 0 Å². The number of carbonyl (C=O) groups is 2. The van der Waals surface area contributed by atoms with Gasteiger partial charge >= 0.3 is 11.9 Å². The van der Waals surface area contributed by atoms with E-state index in [4.69, 9.17) is 16.3 Å². The minimum Gasteiger partial charge on any atom is -0.466 e. The van der Waals surface area contributed by atoms with Crippen LogP contribution >= 0.6 is 11.6 Å². The first-order valence-electron chi connectivity index (χ1n) is 5.58. The van der Waals surface area contributed by atoms with Crippen LogP contribution < -0.4 is 0 Å². The first kappa shape index (κ1) is 15.2. The lowest BCUT2D eigenvalue weighted by Gasteiger charge is -2.03. The average Bonchev–Trinajstić information content (AvgIpc) is 2.25. The van der Waals surface area contributed by atoms with Gasteiger partial charge in [-0.15, -0.1) is 0 Å². The van der Waals surface area contributed by atoms with Crippen LogP contribution in [-0.2, 0) is 19.1 Å². The molecule has 0 aliphatic heterocycles. The molecule has 0 aliphatic carbocycles. The summed E-state index contributed by atoms with van der Waals surface area (Å²) < 4.78 is 9.50. The van der Waals surface area contributed by atoms with Gasteiger partial charge in [0.05, 0.1) is 6.61 Å². The third kappa shape index (κ3) is 9.77. The molecule has 0 bridgehead atoms. The van der Waals surface area contributed by atoms with Crippen LogP contribution in [0.3, 0.4) is 0 Å². The van der Waals surface area contributed by atoms with E-state index < -0.39 is 0 Å². The monoisotopic (exact) mass is 250 g/mol. The van der Waals surface area contributed by atoms with E-state index in [0.29, 0.717) is 32.3 Å². The predicted octanol–water partition coefficient (Wildman–Crippen LogP) is 2.63. The first-order chi connectivity index (χ1) is 7.70. The molecule has 0 radical (unpaired) electrons. The van der Waals surface area contributed by atoms with Gasteiger partial charge in [-0.2, -0.15) is 0 Å². The van der Waals surface area contributed by atoms with E-state index in [-0.39, 0.29) is 18.0 Å². The highest BCUT2D eigenvalue weighted by molar-refractivity contribution is 6.17. The summed E-state index contributed by atoms with van der Waals surface area (Å²) >= 11 is 5.21. The van der Waals surface area contributed by atoms with Gasteiger partial charge in [0.2, 0.25) is 0 Å². The van der Waals surface area contributed by atoms with Crippen LogP contribution in [0.1, 0.15) is 45.4 Å². The quantitative estimate of drug-likeness (QED) is 0.359. The molecule has 0 amide bonds. The summed E-state index contributed by atoms with van der Waals surface area (Å²) in [4.78, 5) is 22.0. The second-order valence-electron chi connectivity index (χ2n) is 3.41. The Kier molecular flexibility index (Phi) is 10.2. The number of alkyl halides is 1. The smallest absolute Gasteiger partial charge is 0.306 e. The molecule has 0 unspecified atom stereocenters. The zero-order chi connectivity index (χ0) is 12.2. The number of hydrogen-bond acceptors (Lipinski definition) is 4. The summed E-state index contributed by atoms with van der Waals surface area (Å²) in [6, 6.07) is -0.113. The number of halogens is 1. The van der Waals surface area contributed by atoms with Gasteiger partial charge < -0.3 is 9.47 Å². The largest absolute Gasteiger partial charge is 0.466 e. The average molecular weight is 251 g/mol. The van der Waals surface area contributed by atoms with Gasteiger partial charge in [-0.25, -0.2) is 0 Å². The van der Waals surface area contributed by atoms with Crippen LogP contribution in [0.2, 0.25) is 0 Å². The molecule has 0 aromatic carbocycles. The van der Waals surface area contributed by atoms with E-state index in [1.165, 1.54) is 0 Å². The summed E-state index contributed by atoms with van der Waals surface area (Å²) in [5.74, 6) is -0.520. The molecular weight excluding hydrogens is 232 g/mol. The number of ether oxygens (including phenoxy) is 2. The molecule has 0 heterocycles. The summed E-state index contributed by atoms with van der Waals surface area (Å²) in [5, 5.41) is 0. The summed E-state index contributed by atoms with van der Waals surface area (Å²) in [5.41, 5.74) is 0. The number of carbonyl (C=O) groups excluding carboxylic acids is 2. The van der Waals surface area contributed by atoms with Gasteiger partial charge in [-0.05, 0) is 19.3 Å². The van der Waals surface area contributed by atoms with Crippen molar-refractivity contribution in [3.05, 3.63) is 0 Å². The molecule has 0 atom stereocenters. The number of hydrogen-bond donors (Lipinski definition) is 0. The molecule has 0 fully saturated rings. The third-order valence-corrected chi connectivity index (χ3v) is 2.10. The lowest BCUT2D eigenvalue weighted by atomic mass is 10.2. The molecule has 16 heavy (non-hydrogen) atoms. The van der Waals surface area contributed by atoms with Crippen LogP contribution in [0.25, 0.3) is 0 Å². The summed E-state index contributed by atoms with van der Waals surface area (Å²) in [6.07, 6.45) is 3.83. The van der Waals surface area contributed by atoms with E-state index in [2.05, 4.69) is 4.74 Å². The van der Waals surface area contributed by atoms with E-state index in [9.17, 15) is 9.59 Å². The Labute approximate surface area is 101 Å². The lowest BCUT2D eigenvalue weighted by Crippen LogP contribution is -2.06. The van der Waals surface area contributed by atoms with Crippen molar-refractivity contribution in [2.24, 2.45) is 0 Å². The zero-order valence-corrected chi connectivity index (χ0v) is 10.4. The molecule has 0 aromatic heterocycles. The van der Waals surface area contributed by atoms with Crippen LogP contribution in [-0.4, -0.2) is 24.6 Å². The van der Waals surface area contributed by atoms with E-state index in [1.54, 1.807) is 0 Å². The minimum atomic E-state index is -0.325. The summed E-state index contributed by atoms with van der Waals surface area (Å²) in [6.45, 7) is 2.53. The SMILES string of the molecule is CCCCOC(=O)CCCCC(=O)OCCl. The maximum absolute atomic E-state index is 11.1. The Hall–Kier alpha value is -0.770. The Morgan fingerprint density at radius 1 is 1.00 bits per heavy atom. The molecule has 0 saturated heterocycles. The third-order valence-electron chi connectivity index (χ3n) is 1.99. The molecule has 4 nitrogen and oxygen atoms in total. The van der Waals surface area contributed by atoms with Crippen LogP contribution in [0.15, 0.2) is 0 Å². The highest BCUT2D eigenvalue weighted by atomic mass is 35.5. The van der Waals surface area contributed by atoms with Crippen molar-refractivity contribution in [2.75, 3.05) is 12.7 Å². The van der Waals surface area contributed by atoms with Gasteiger partial charge in [0.25, 0.3) is 0 Å². The predicted molar refractivity (Wildman–Crippen MR) is 61.1 cm³/mol. The Balaban J connectivity index is 3.30. The molecule has 0 rings (SSSR count). The molecule has 94 valence electrons. The summed E-state index contributed by atoms with van der Waals surface area (Å²) in [7, 11) is 0. The lowest BCUT2D eigenvalue weighted by molar-refractivity contribution is -0.145. The second-order valence-corrected chi connectivity index (χ2v) is 3.62. The van der Waals surface area contributed by atoms with Crippen LogP contribution in [0.4, 0.5) is 0 Å². The highest BCUT2D eigenvalue weighted by Crippen LogP contribution is 2.03. The van der Waals surface area contributed by atoms with E-state index >= 15 is 0 Å². The van der Waals surface area contributed by atoms with E-state index in [1.807, 2.05) is 6.92 Å². The van der Waals surface area contributed by atoms with Gasteiger partial charge in [-0.1, -0.05) is 24.9 Å². The maximum Gasteiger partial charge on any atom is 0.306 e. The highest BCUT2D eigenvalue weighted by Gasteiger charge is 2.05. The standard InChI is InChI=1S/C11H19ClO4/c1-2-3-8-15-10(13)6-4-5-7-11(14)16-9-12/h2-9H2,1H3. The van der Waals surface area contributed by atoms with Gasteiger partial charge in [0.15, 0.2) is 6.07 Å². The molecule has 0 spiro atoms. The van der Waals surface area contributed by atoms with Crippen molar-refractivity contribution in [1.82, 2.24) is 0 Å². The van der Waals surface area contributed by atoms with Crippen LogP contribution in [0.5, 0.6) is 0 Å². The molecule has 0 aliphatic rings. The minimum absolute atomic E-state index is 0.113.